The van der Waals surface area contributed by atoms with Crippen LogP contribution in [0, 0.1) is 12.8 Å². The SMILES string of the molecule is Cc1ccc(CN(C)C(=O)C2CC=CCC2)o1. The number of amides is 1. The molecule has 1 amide bonds. The van der Waals surface area contributed by atoms with Crippen LogP contribution < -0.4 is 0 Å². The lowest BCUT2D eigenvalue weighted by Crippen LogP contribution is -2.32. The van der Waals surface area contributed by atoms with Crippen LogP contribution in [0.4, 0.5) is 0 Å². The van der Waals surface area contributed by atoms with Gasteiger partial charge in [-0.3, -0.25) is 4.79 Å². The maximum atomic E-state index is 12.2. The first kappa shape index (κ1) is 12.0. The highest BCUT2D eigenvalue weighted by molar-refractivity contribution is 5.78. The zero-order valence-electron chi connectivity index (χ0n) is 10.5. The number of rotatable bonds is 3. The molecule has 0 aliphatic heterocycles. The van der Waals surface area contributed by atoms with E-state index in [0.29, 0.717) is 6.54 Å². The summed E-state index contributed by atoms with van der Waals surface area (Å²) in [6, 6.07) is 3.86. The summed E-state index contributed by atoms with van der Waals surface area (Å²) in [5.74, 6) is 2.12. The minimum atomic E-state index is 0.154. The number of furan rings is 1. The van der Waals surface area contributed by atoms with Gasteiger partial charge < -0.3 is 9.32 Å². The van der Waals surface area contributed by atoms with Crippen molar-refractivity contribution in [2.24, 2.45) is 5.92 Å². The second-order valence-electron chi connectivity index (χ2n) is 4.69. The minimum Gasteiger partial charge on any atom is -0.464 e. The largest absolute Gasteiger partial charge is 0.464 e. The normalized spacial score (nSPS) is 19.3. The van der Waals surface area contributed by atoms with Crippen molar-refractivity contribution in [3.05, 3.63) is 35.8 Å². The monoisotopic (exact) mass is 233 g/mol. The molecule has 0 radical (unpaired) electrons. The van der Waals surface area contributed by atoms with Gasteiger partial charge in [-0.05, 0) is 38.3 Å². The van der Waals surface area contributed by atoms with Crippen molar-refractivity contribution >= 4 is 5.91 Å². The van der Waals surface area contributed by atoms with Crippen LogP contribution >= 0.6 is 0 Å². The Balaban J connectivity index is 1.93. The van der Waals surface area contributed by atoms with E-state index in [1.165, 1.54) is 0 Å². The predicted molar refractivity (Wildman–Crippen MR) is 66.4 cm³/mol. The second-order valence-corrected chi connectivity index (χ2v) is 4.69. The van der Waals surface area contributed by atoms with Gasteiger partial charge >= 0.3 is 0 Å². The molecule has 0 aromatic carbocycles. The summed E-state index contributed by atoms with van der Waals surface area (Å²) in [6.07, 6.45) is 7.12. The Morgan fingerprint density at radius 2 is 2.29 bits per heavy atom. The zero-order valence-corrected chi connectivity index (χ0v) is 10.5. The average molecular weight is 233 g/mol. The van der Waals surface area contributed by atoms with Gasteiger partial charge in [0.05, 0.1) is 6.54 Å². The van der Waals surface area contributed by atoms with Gasteiger partial charge in [0.25, 0.3) is 0 Å². The molecule has 0 saturated heterocycles. The second kappa shape index (κ2) is 5.21. The van der Waals surface area contributed by atoms with Crippen molar-refractivity contribution in [3.63, 3.8) is 0 Å². The molecule has 1 aromatic heterocycles. The molecule has 1 atom stereocenters. The van der Waals surface area contributed by atoms with E-state index in [9.17, 15) is 4.79 Å². The number of hydrogen-bond acceptors (Lipinski definition) is 2. The fourth-order valence-corrected chi connectivity index (χ4v) is 2.21. The Labute approximate surface area is 102 Å². The van der Waals surface area contributed by atoms with Gasteiger partial charge in [0.2, 0.25) is 5.91 Å². The summed E-state index contributed by atoms with van der Waals surface area (Å²) < 4.78 is 5.48. The van der Waals surface area contributed by atoms with Crippen molar-refractivity contribution < 1.29 is 9.21 Å². The molecule has 3 nitrogen and oxygen atoms in total. The highest BCUT2D eigenvalue weighted by atomic mass is 16.3. The van der Waals surface area contributed by atoms with Crippen molar-refractivity contribution in [1.29, 1.82) is 0 Å². The molecular formula is C14H19NO2. The molecule has 0 fully saturated rings. The average Bonchev–Trinajstić information content (AvgIpc) is 2.75. The van der Waals surface area contributed by atoms with E-state index in [2.05, 4.69) is 12.2 Å². The topological polar surface area (TPSA) is 33.5 Å². The minimum absolute atomic E-state index is 0.154. The Morgan fingerprint density at radius 1 is 1.47 bits per heavy atom. The summed E-state index contributed by atoms with van der Waals surface area (Å²) in [6.45, 7) is 2.48. The standard InChI is InChI=1S/C14H19NO2/c1-11-8-9-13(17-11)10-15(2)14(16)12-6-4-3-5-7-12/h3-4,8-9,12H,5-7,10H2,1-2H3. The highest BCUT2D eigenvalue weighted by Gasteiger charge is 2.22. The smallest absolute Gasteiger partial charge is 0.226 e. The quantitative estimate of drug-likeness (QED) is 0.752. The van der Waals surface area contributed by atoms with Crippen LogP contribution in [0.1, 0.15) is 30.8 Å². The van der Waals surface area contributed by atoms with Crippen molar-refractivity contribution in [3.8, 4) is 0 Å². The lowest BCUT2D eigenvalue weighted by Gasteiger charge is -2.23. The first-order valence-electron chi connectivity index (χ1n) is 6.12. The van der Waals surface area contributed by atoms with Gasteiger partial charge in [0.15, 0.2) is 0 Å². The van der Waals surface area contributed by atoms with Gasteiger partial charge in [0.1, 0.15) is 11.5 Å². The fourth-order valence-electron chi connectivity index (χ4n) is 2.21. The highest BCUT2D eigenvalue weighted by Crippen LogP contribution is 2.21. The van der Waals surface area contributed by atoms with Crippen LogP contribution in [0.15, 0.2) is 28.7 Å². The van der Waals surface area contributed by atoms with Crippen LogP contribution in [-0.2, 0) is 11.3 Å². The molecule has 0 saturated carbocycles. The van der Waals surface area contributed by atoms with E-state index in [1.54, 1.807) is 4.90 Å². The number of allylic oxidation sites excluding steroid dienone is 2. The lowest BCUT2D eigenvalue weighted by atomic mass is 9.93. The van der Waals surface area contributed by atoms with Crippen LogP contribution in [0.25, 0.3) is 0 Å². The van der Waals surface area contributed by atoms with Crippen molar-refractivity contribution in [1.82, 2.24) is 4.90 Å². The van der Waals surface area contributed by atoms with Gasteiger partial charge in [-0.1, -0.05) is 12.2 Å². The summed E-state index contributed by atoms with van der Waals surface area (Å²) in [5, 5.41) is 0. The first-order valence-corrected chi connectivity index (χ1v) is 6.12. The maximum Gasteiger partial charge on any atom is 0.226 e. The Kier molecular flexibility index (Phi) is 3.67. The molecule has 1 unspecified atom stereocenters. The van der Waals surface area contributed by atoms with E-state index >= 15 is 0 Å². The molecule has 2 rings (SSSR count). The van der Waals surface area contributed by atoms with Gasteiger partial charge in [0, 0.05) is 13.0 Å². The molecule has 92 valence electrons. The molecule has 1 aliphatic rings. The summed E-state index contributed by atoms with van der Waals surface area (Å²) in [5.41, 5.74) is 0. The summed E-state index contributed by atoms with van der Waals surface area (Å²) in [4.78, 5) is 13.9. The number of carbonyl (C=O) groups excluding carboxylic acids is 1. The molecular weight excluding hydrogens is 214 g/mol. The molecule has 17 heavy (non-hydrogen) atoms. The fraction of sp³-hybridized carbons (Fsp3) is 0.500. The van der Waals surface area contributed by atoms with Crippen LogP contribution in [0.2, 0.25) is 0 Å². The Bertz CT molecular complexity index is 420. The predicted octanol–water partition coefficient (Wildman–Crippen LogP) is 2.90. The number of carbonyl (C=O) groups is 1. The molecule has 1 heterocycles. The first-order chi connectivity index (χ1) is 8.16. The van der Waals surface area contributed by atoms with E-state index in [0.717, 1.165) is 30.8 Å². The Hall–Kier alpha value is -1.51. The molecule has 1 aromatic rings. The molecule has 1 aliphatic carbocycles. The lowest BCUT2D eigenvalue weighted by molar-refractivity contribution is -0.135. The van der Waals surface area contributed by atoms with Crippen molar-refractivity contribution in [2.45, 2.75) is 32.7 Å². The van der Waals surface area contributed by atoms with E-state index in [1.807, 2.05) is 26.1 Å². The number of aryl methyl sites for hydroxylation is 1. The van der Waals surface area contributed by atoms with E-state index < -0.39 is 0 Å². The summed E-state index contributed by atoms with van der Waals surface area (Å²) in [7, 11) is 1.85. The van der Waals surface area contributed by atoms with E-state index in [-0.39, 0.29) is 11.8 Å². The van der Waals surface area contributed by atoms with Crippen LogP contribution in [0.3, 0.4) is 0 Å². The van der Waals surface area contributed by atoms with Crippen LogP contribution in [-0.4, -0.2) is 17.9 Å². The number of nitrogens with zero attached hydrogens (tertiary/aromatic N) is 1. The van der Waals surface area contributed by atoms with Gasteiger partial charge in [-0.25, -0.2) is 0 Å². The van der Waals surface area contributed by atoms with Gasteiger partial charge in [-0.2, -0.15) is 0 Å². The Morgan fingerprint density at radius 3 is 2.88 bits per heavy atom. The third-order valence-electron chi connectivity index (χ3n) is 3.18. The van der Waals surface area contributed by atoms with Crippen molar-refractivity contribution in [2.75, 3.05) is 7.05 Å². The molecule has 0 bridgehead atoms. The molecule has 3 heteroatoms. The molecule has 0 spiro atoms. The molecule has 0 N–H and O–H groups in total. The number of hydrogen-bond donors (Lipinski definition) is 0. The maximum absolute atomic E-state index is 12.2. The van der Waals surface area contributed by atoms with E-state index in [4.69, 9.17) is 4.42 Å². The third-order valence-corrected chi connectivity index (χ3v) is 3.18. The third kappa shape index (κ3) is 2.99. The van der Waals surface area contributed by atoms with Gasteiger partial charge in [-0.15, -0.1) is 0 Å². The summed E-state index contributed by atoms with van der Waals surface area (Å²) >= 11 is 0. The zero-order chi connectivity index (χ0) is 12.3. The van der Waals surface area contributed by atoms with Crippen LogP contribution in [0.5, 0.6) is 0 Å².